The molecule has 92 valence electrons. The SMILES string of the molecule is CC(C)CCCC(CC(C)C)CC(C)C. The van der Waals surface area contributed by atoms with Crippen LogP contribution in [0.2, 0.25) is 0 Å². The maximum atomic E-state index is 2.36. The van der Waals surface area contributed by atoms with Crippen LogP contribution in [0.4, 0.5) is 0 Å². The first kappa shape index (κ1) is 15.0. The van der Waals surface area contributed by atoms with E-state index in [-0.39, 0.29) is 0 Å². The maximum Gasteiger partial charge on any atom is -0.0409 e. The van der Waals surface area contributed by atoms with Gasteiger partial charge in [0.1, 0.15) is 0 Å². The Labute approximate surface area is 97.8 Å². The molecule has 0 bridgehead atoms. The van der Waals surface area contributed by atoms with Gasteiger partial charge in [0.25, 0.3) is 0 Å². The standard InChI is InChI=1S/C15H32/c1-12(2)8-7-9-15(10-13(3)4)11-14(5)6/h12-15H,7-11H2,1-6H3. The Kier molecular flexibility index (Phi) is 8.19. The number of hydrogen-bond donors (Lipinski definition) is 0. The molecule has 0 aliphatic heterocycles. The molecule has 0 unspecified atom stereocenters. The molecule has 0 saturated carbocycles. The third-order valence-corrected chi connectivity index (χ3v) is 3.00. The minimum absolute atomic E-state index is 0.868. The second-order valence-electron chi connectivity index (χ2n) is 6.45. The van der Waals surface area contributed by atoms with Gasteiger partial charge in [0, 0.05) is 0 Å². The molecule has 0 fully saturated rings. The summed E-state index contributed by atoms with van der Waals surface area (Å²) in [5.41, 5.74) is 0. The molecule has 0 radical (unpaired) electrons. The van der Waals surface area contributed by atoms with E-state index < -0.39 is 0 Å². The van der Waals surface area contributed by atoms with Crippen LogP contribution in [0, 0.1) is 23.7 Å². The summed E-state index contributed by atoms with van der Waals surface area (Å²) in [7, 11) is 0. The minimum atomic E-state index is 0.868. The van der Waals surface area contributed by atoms with E-state index in [9.17, 15) is 0 Å². The van der Waals surface area contributed by atoms with Gasteiger partial charge in [-0.05, 0) is 36.5 Å². The first-order valence-electron chi connectivity index (χ1n) is 6.91. The van der Waals surface area contributed by atoms with Crippen molar-refractivity contribution in [2.24, 2.45) is 23.7 Å². The number of rotatable bonds is 8. The molecule has 0 amide bonds. The van der Waals surface area contributed by atoms with Gasteiger partial charge in [0.15, 0.2) is 0 Å². The molecule has 0 rings (SSSR count). The van der Waals surface area contributed by atoms with E-state index >= 15 is 0 Å². The molecule has 0 aliphatic rings. The molecule has 0 N–H and O–H groups in total. The summed E-state index contributed by atoms with van der Waals surface area (Å²) in [6.45, 7) is 14.1. The monoisotopic (exact) mass is 212 g/mol. The molecule has 0 aromatic rings. The molecule has 15 heavy (non-hydrogen) atoms. The zero-order valence-electron chi connectivity index (χ0n) is 11.8. The smallest absolute Gasteiger partial charge is 0.0409 e. The average Bonchev–Trinajstić information content (AvgIpc) is 2.00. The summed E-state index contributed by atoms with van der Waals surface area (Å²) in [6.07, 6.45) is 7.15. The topological polar surface area (TPSA) is 0 Å². The fourth-order valence-electron chi connectivity index (χ4n) is 2.48. The lowest BCUT2D eigenvalue weighted by Crippen LogP contribution is -2.08. The van der Waals surface area contributed by atoms with Crippen LogP contribution in [0.15, 0.2) is 0 Å². The van der Waals surface area contributed by atoms with Gasteiger partial charge in [-0.2, -0.15) is 0 Å². The number of hydrogen-bond acceptors (Lipinski definition) is 0. The first-order chi connectivity index (χ1) is 6.91. The molecular formula is C15H32. The van der Waals surface area contributed by atoms with Gasteiger partial charge < -0.3 is 0 Å². The van der Waals surface area contributed by atoms with Crippen molar-refractivity contribution in [2.75, 3.05) is 0 Å². The first-order valence-corrected chi connectivity index (χ1v) is 6.91. The quantitative estimate of drug-likeness (QED) is 0.497. The van der Waals surface area contributed by atoms with Crippen molar-refractivity contribution >= 4 is 0 Å². The van der Waals surface area contributed by atoms with Crippen molar-refractivity contribution in [3.05, 3.63) is 0 Å². The normalized spacial score (nSPS) is 12.4. The van der Waals surface area contributed by atoms with E-state index in [1.54, 1.807) is 0 Å². The van der Waals surface area contributed by atoms with Crippen LogP contribution in [0.5, 0.6) is 0 Å². The summed E-state index contributed by atoms with van der Waals surface area (Å²) in [5.74, 6) is 3.59. The molecule has 0 aromatic carbocycles. The van der Waals surface area contributed by atoms with Gasteiger partial charge in [-0.3, -0.25) is 0 Å². The summed E-state index contributed by atoms with van der Waals surface area (Å²) in [4.78, 5) is 0. The van der Waals surface area contributed by atoms with E-state index in [2.05, 4.69) is 41.5 Å². The van der Waals surface area contributed by atoms with Crippen molar-refractivity contribution in [2.45, 2.75) is 73.6 Å². The summed E-state index contributed by atoms with van der Waals surface area (Å²) in [6, 6.07) is 0. The Hall–Kier alpha value is 0. The Morgan fingerprint density at radius 3 is 1.40 bits per heavy atom. The highest BCUT2D eigenvalue weighted by molar-refractivity contribution is 4.64. The molecule has 0 aliphatic carbocycles. The average molecular weight is 212 g/mol. The third kappa shape index (κ3) is 10.3. The van der Waals surface area contributed by atoms with Crippen LogP contribution in [-0.4, -0.2) is 0 Å². The predicted octanol–water partition coefficient (Wildman–Crippen LogP) is 5.52. The van der Waals surface area contributed by atoms with Gasteiger partial charge >= 0.3 is 0 Å². The summed E-state index contributed by atoms with van der Waals surface area (Å²) in [5, 5.41) is 0. The van der Waals surface area contributed by atoms with Crippen molar-refractivity contribution in [3.8, 4) is 0 Å². The van der Waals surface area contributed by atoms with Crippen LogP contribution in [-0.2, 0) is 0 Å². The van der Waals surface area contributed by atoms with E-state index in [1.807, 2.05) is 0 Å². The predicted molar refractivity (Wildman–Crippen MR) is 71.1 cm³/mol. The minimum Gasteiger partial charge on any atom is -0.0628 e. The highest BCUT2D eigenvalue weighted by Gasteiger charge is 2.12. The molecule has 0 nitrogen and oxygen atoms in total. The summed E-state index contributed by atoms with van der Waals surface area (Å²) < 4.78 is 0. The fraction of sp³-hybridized carbons (Fsp3) is 1.00. The Morgan fingerprint density at radius 2 is 1.07 bits per heavy atom. The fourth-order valence-corrected chi connectivity index (χ4v) is 2.48. The van der Waals surface area contributed by atoms with Crippen LogP contribution in [0.25, 0.3) is 0 Å². The van der Waals surface area contributed by atoms with E-state index in [0.29, 0.717) is 0 Å². The van der Waals surface area contributed by atoms with Gasteiger partial charge in [-0.15, -0.1) is 0 Å². The highest BCUT2D eigenvalue weighted by atomic mass is 14.2. The van der Waals surface area contributed by atoms with Gasteiger partial charge in [0.05, 0.1) is 0 Å². The van der Waals surface area contributed by atoms with Gasteiger partial charge in [-0.1, -0.05) is 60.8 Å². The third-order valence-electron chi connectivity index (χ3n) is 3.00. The summed E-state index contributed by atoms with van der Waals surface area (Å²) >= 11 is 0. The van der Waals surface area contributed by atoms with Crippen molar-refractivity contribution < 1.29 is 0 Å². The Bertz CT molecular complexity index is 123. The highest BCUT2D eigenvalue weighted by Crippen LogP contribution is 2.25. The van der Waals surface area contributed by atoms with Crippen LogP contribution in [0.1, 0.15) is 73.6 Å². The van der Waals surface area contributed by atoms with Crippen molar-refractivity contribution in [1.82, 2.24) is 0 Å². The molecular weight excluding hydrogens is 180 g/mol. The van der Waals surface area contributed by atoms with E-state index in [0.717, 1.165) is 23.7 Å². The van der Waals surface area contributed by atoms with Gasteiger partial charge in [-0.25, -0.2) is 0 Å². The molecule has 0 saturated heterocycles. The molecule has 0 aromatic heterocycles. The van der Waals surface area contributed by atoms with E-state index in [4.69, 9.17) is 0 Å². The second-order valence-corrected chi connectivity index (χ2v) is 6.45. The van der Waals surface area contributed by atoms with Crippen molar-refractivity contribution in [3.63, 3.8) is 0 Å². The van der Waals surface area contributed by atoms with Crippen LogP contribution >= 0.6 is 0 Å². The Balaban J connectivity index is 3.79. The van der Waals surface area contributed by atoms with Crippen LogP contribution in [0.3, 0.4) is 0 Å². The lowest BCUT2D eigenvalue weighted by Gasteiger charge is -2.21. The molecule has 0 heteroatoms. The molecule has 0 heterocycles. The lowest BCUT2D eigenvalue weighted by atomic mass is 9.85. The van der Waals surface area contributed by atoms with Gasteiger partial charge in [0.2, 0.25) is 0 Å². The van der Waals surface area contributed by atoms with E-state index in [1.165, 1.54) is 32.1 Å². The zero-order valence-corrected chi connectivity index (χ0v) is 11.8. The van der Waals surface area contributed by atoms with Crippen LogP contribution < -0.4 is 0 Å². The zero-order chi connectivity index (χ0) is 11.8. The second kappa shape index (κ2) is 8.19. The maximum absolute atomic E-state index is 2.36. The largest absolute Gasteiger partial charge is 0.0628 e. The van der Waals surface area contributed by atoms with Crippen molar-refractivity contribution in [1.29, 1.82) is 0 Å². The lowest BCUT2D eigenvalue weighted by molar-refractivity contribution is 0.311. The molecule has 0 spiro atoms. The Morgan fingerprint density at radius 1 is 0.600 bits per heavy atom. The molecule has 0 atom stereocenters.